The van der Waals surface area contributed by atoms with Crippen molar-refractivity contribution in [3.63, 3.8) is 0 Å². The fourth-order valence-corrected chi connectivity index (χ4v) is 3.93. The second kappa shape index (κ2) is 9.15. The number of nitrogens with zero attached hydrogens (tertiary/aromatic N) is 2. The number of amides is 2. The molecule has 5 nitrogen and oxygen atoms in total. The average Bonchev–Trinajstić information content (AvgIpc) is 3.19. The van der Waals surface area contributed by atoms with Crippen molar-refractivity contribution in [3.8, 4) is 5.75 Å². The van der Waals surface area contributed by atoms with Gasteiger partial charge in [0, 0.05) is 38.2 Å². The molecule has 2 aliphatic rings. The van der Waals surface area contributed by atoms with Crippen LogP contribution in [-0.2, 0) is 4.79 Å². The Bertz CT molecular complexity index is 654. The van der Waals surface area contributed by atoms with Crippen molar-refractivity contribution in [1.29, 1.82) is 0 Å². The van der Waals surface area contributed by atoms with Gasteiger partial charge in [-0.1, -0.05) is 31.7 Å². The van der Waals surface area contributed by atoms with Gasteiger partial charge < -0.3 is 14.5 Å². The average molecular weight is 380 g/mol. The number of piperazine rings is 1. The summed E-state index contributed by atoms with van der Waals surface area (Å²) in [4.78, 5) is 28.5. The Morgan fingerprint density at radius 2 is 1.74 bits per heavy atom. The van der Waals surface area contributed by atoms with Crippen LogP contribution in [-0.4, -0.2) is 54.4 Å². The van der Waals surface area contributed by atoms with Crippen molar-refractivity contribution in [3.05, 3.63) is 29.8 Å². The van der Waals surface area contributed by atoms with Crippen molar-refractivity contribution in [2.24, 2.45) is 5.92 Å². The zero-order chi connectivity index (χ0) is 19.2. The second-order valence-corrected chi connectivity index (χ2v) is 7.27. The van der Waals surface area contributed by atoms with E-state index < -0.39 is 6.61 Å². The van der Waals surface area contributed by atoms with Gasteiger partial charge in [-0.25, -0.2) is 0 Å². The van der Waals surface area contributed by atoms with Crippen LogP contribution in [0.15, 0.2) is 24.3 Å². The normalized spacial score (nSPS) is 18.2. The number of rotatable bonds is 6. The number of alkyl halides is 2. The van der Waals surface area contributed by atoms with E-state index >= 15 is 0 Å². The fourth-order valence-electron chi connectivity index (χ4n) is 3.93. The van der Waals surface area contributed by atoms with Gasteiger partial charge in [-0.15, -0.1) is 0 Å². The molecule has 7 heteroatoms. The molecule has 2 fully saturated rings. The maximum Gasteiger partial charge on any atom is 0.387 e. The zero-order valence-corrected chi connectivity index (χ0v) is 15.4. The van der Waals surface area contributed by atoms with Crippen molar-refractivity contribution in [1.82, 2.24) is 9.80 Å². The van der Waals surface area contributed by atoms with Gasteiger partial charge in [0.1, 0.15) is 5.75 Å². The second-order valence-electron chi connectivity index (χ2n) is 7.27. The molecule has 1 saturated heterocycles. The predicted octanol–water partition coefficient (Wildman–Crippen LogP) is 3.54. The molecule has 1 aromatic rings. The first-order valence-corrected chi connectivity index (χ1v) is 9.65. The molecule has 1 aliphatic heterocycles. The van der Waals surface area contributed by atoms with Crippen LogP contribution >= 0.6 is 0 Å². The summed E-state index contributed by atoms with van der Waals surface area (Å²) < 4.78 is 29.0. The molecule has 0 unspecified atom stereocenters. The third kappa shape index (κ3) is 5.40. The Balaban J connectivity index is 1.48. The third-order valence-electron chi connectivity index (χ3n) is 5.47. The van der Waals surface area contributed by atoms with Crippen molar-refractivity contribution >= 4 is 11.8 Å². The molecule has 0 radical (unpaired) electrons. The Kier molecular flexibility index (Phi) is 6.63. The van der Waals surface area contributed by atoms with E-state index in [2.05, 4.69) is 4.74 Å². The van der Waals surface area contributed by atoms with Gasteiger partial charge in [-0.05, 0) is 30.5 Å². The van der Waals surface area contributed by atoms with Crippen LogP contribution in [0.2, 0.25) is 0 Å². The molecule has 148 valence electrons. The van der Waals surface area contributed by atoms with Gasteiger partial charge in [0.05, 0.1) is 0 Å². The fraction of sp³-hybridized carbons (Fsp3) is 0.600. The first-order chi connectivity index (χ1) is 13.0. The lowest BCUT2D eigenvalue weighted by atomic mass is 10.0. The number of hydrogen-bond donors (Lipinski definition) is 0. The highest BCUT2D eigenvalue weighted by Gasteiger charge is 2.26. The summed E-state index contributed by atoms with van der Waals surface area (Å²) in [5.74, 6) is 0.602. The van der Waals surface area contributed by atoms with Crippen LogP contribution < -0.4 is 4.74 Å². The maximum atomic E-state index is 12.6. The van der Waals surface area contributed by atoms with Gasteiger partial charge in [-0.3, -0.25) is 9.59 Å². The number of carbonyl (C=O) groups excluding carboxylic acids is 2. The number of hydrogen-bond acceptors (Lipinski definition) is 3. The van der Waals surface area contributed by atoms with Crippen molar-refractivity contribution in [2.45, 2.75) is 45.1 Å². The predicted molar refractivity (Wildman–Crippen MR) is 96.7 cm³/mol. The molecule has 27 heavy (non-hydrogen) atoms. The molecular weight excluding hydrogens is 354 g/mol. The standard InChI is InChI=1S/C20H26F2N2O3/c21-20(22)27-17-7-3-6-16(14-17)19(26)24-12-10-23(11-13-24)18(25)9-8-15-4-1-2-5-15/h3,6-7,14-15,20H,1-2,4-5,8-13H2. The van der Waals surface area contributed by atoms with Crippen molar-refractivity contribution in [2.75, 3.05) is 26.2 Å². The molecule has 0 aromatic heterocycles. The van der Waals surface area contributed by atoms with E-state index in [4.69, 9.17) is 0 Å². The summed E-state index contributed by atoms with van der Waals surface area (Å²) in [6.45, 7) is -0.985. The van der Waals surface area contributed by atoms with Crippen LogP contribution in [0.5, 0.6) is 5.75 Å². The van der Waals surface area contributed by atoms with E-state index in [9.17, 15) is 18.4 Å². The van der Waals surface area contributed by atoms with Crippen molar-refractivity contribution < 1.29 is 23.1 Å². The molecule has 2 amide bonds. The highest BCUT2D eigenvalue weighted by atomic mass is 19.3. The van der Waals surface area contributed by atoms with Crippen LogP contribution in [0.25, 0.3) is 0 Å². The highest BCUT2D eigenvalue weighted by Crippen LogP contribution is 2.28. The number of carbonyl (C=O) groups is 2. The molecule has 0 bridgehead atoms. The molecule has 0 atom stereocenters. The lowest BCUT2D eigenvalue weighted by Gasteiger charge is -2.35. The minimum Gasteiger partial charge on any atom is -0.435 e. The topological polar surface area (TPSA) is 49.9 Å². The first kappa shape index (κ1) is 19.6. The van der Waals surface area contributed by atoms with Gasteiger partial charge in [0.15, 0.2) is 0 Å². The molecular formula is C20H26F2N2O3. The van der Waals surface area contributed by atoms with Crippen LogP contribution in [0.4, 0.5) is 8.78 Å². The van der Waals surface area contributed by atoms with Gasteiger partial charge >= 0.3 is 6.61 Å². The monoisotopic (exact) mass is 380 g/mol. The maximum absolute atomic E-state index is 12.6. The SMILES string of the molecule is O=C(CCC1CCCC1)N1CCN(C(=O)c2cccc(OC(F)F)c2)CC1. The van der Waals surface area contributed by atoms with Crippen LogP contribution in [0, 0.1) is 5.92 Å². The molecule has 1 aromatic carbocycles. The van der Waals surface area contributed by atoms with Gasteiger partial charge in [-0.2, -0.15) is 8.78 Å². The first-order valence-electron chi connectivity index (χ1n) is 9.65. The van der Waals surface area contributed by atoms with Crippen LogP contribution in [0.3, 0.4) is 0 Å². The van der Waals surface area contributed by atoms with E-state index in [-0.39, 0.29) is 17.6 Å². The Morgan fingerprint density at radius 1 is 1.07 bits per heavy atom. The summed E-state index contributed by atoms with van der Waals surface area (Å²) in [6, 6.07) is 5.82. The summed E-state index contributed by atoms with van der Waals surface area (Å²) in [7, 11) is 0. The minimum absolute atomic E-state index is 0.0309. The zero-order valence-electron chi connectivity index (χ0n) is 15.4. The molecule has 3 rings (SSSR count). The Labute approximate surface area is 158 Å². The summed E-state index contributed by atoms with van der Waals surface area (Å²) in [6.07, 6.45) is 6.60. The molecule has 1 heterocycles. The van der Waals surface area contributed by atoms with E-state index in [0.717, 1.165) is 6.42 Å². The van der Waals surface area contributed by atoms with E-state index in [1.807, 2.05) is 4.90 Å². The van der Waals surface area contributed by atoms with E-state index in [1.54, 1.807) is 11.0 Å². The molecule has 1 saturated carbocycles. The van der Waals surface area contributed by atoms with Crippen LogP contribution in [0.1, 0.15) is 48.9 Å². The molecule has 1 aliphatic carbocycles. The lowest BCUT2D eigenvalue weighted by molar-refractivity contribution is -0.133. The highest BCUT2D eigenvalue weighted by molar-refractivity contribution is 5.94. The lowest BCUT2D eigenvalue weighted by Crippen LogP contribution is -2.50. The third-order valence-corrected chi connectivity index (χ3v) is 5.47. The smallest absolute Gasteiger partial charge is 0.387 e. The van der Waals surface area contributed by atoms with Gasteiger partial charge in [0.25, 0.3) is 5.91 Å². The van der Waals surface area contributed by atoms with Gasteiger partial charge in [0.2, 0.25) is 5.91 Å². The summed E-state index contributed by atoms with van der Waals surface area (Å²) in [5.41, 5.74) is 0.314. The number of halogens is 2. The largest absolute Gasteiger partial charge is 0.435 e. The quantitative estimate of drug-likeness (QED) is 0.758. The Hall–Kier alpha value is -2.18. The number of ether oxygens (including phenoxy) is 1. The van der Waals surface area contributed by atoms with E-state index in [0.29, 0.717) is 44.1 Å². The minimum atomic E-state index is -2.92. The summed E-state index contributed by atoms with van der Waals surface area (Å²) >= 11 is 0. The molecule has 0 spiro atoms. The molecule has 0 N–H and O–H groups in total. The van der Waals surface area contributed by atoms with E-state index in [1.165, 1.54) is 43.9 Å². The summed E-state index contributed by atoms with van der Waals surface area (Å²) in [5, 5.41) is 0. The Morgan fingerprint density at radius 3 is 2.41 bits per heavy atom. The number of benzene rings is 1.